The number of nitrogen functional groups attached to an aromatic ring is 1. The van der Waals surface area contributed by atoms with Gasteiger partial charge in [0.25, 0.3) is 0 Å². The highest BCUT2D eigenvalue weighted by Crippen LogP contribution is 2.37. The number of aromatic nitrogens is 2. The fourth-order valence-electron chi connectivity index (χ4n) is 3.95. The molecule has 7 nitrogen and oxygen atoms in total. The topological polar surface area (TPSA) is 115 Å². The Kier molecular flexibility index (Phi) is 5.43. The van der Waals surface area contributed by atoms with Gasteiger partial charge >= 0.3 is 0 Å². The lowest BCUT2D eigenvalue weighted by atomic mass is 9.98. The monoisotopic (exact) mass is 401 g/mol. The normalized spacial score (nSPS) is 15.9. The fourth-order valence-corrected chi connectivity index (χ4v) is 3.95. The average molecular weight is 401 g/mol. The Morgan fingerprint density at radius 2 is 1.90 bits per heavy atom. The molecule has 4 rings (SSSR count). The maximum absolute atomic E-state index is 13.1. The smallest absolute Gasteiger partial charge is 0.248 e. The minimum Gasteiger partial charge on any atom is -0.368 e. The van der Waals surface area contributed by atoms with Crippen LogP contribution < -0.4 is 11.5 Å². The van der Waals surface area contributed by atoms with Crippen molar-refractivity contribution in [3.63, 3.8) is 0 Å². The van der Waals surface area contributed by atoms with E-state index in [0.29, 0.717) is 24.2 Å². The number of amides is 2. The maximum atomic E-state index is 13.1. The number of carbonyl (C=O) groups is 2. The van der Waals surface area contributed by atoms with E-state index in [0.717, 1.165) is 29.5 Å². The highest BCUT2D eigenvalue weighted by Gasteiger charge is 2.33. The maximum Gasteiger partial charge on any atom is 0.248 e. The van der Waals surface area contributed by atoms with Crippen molar-refractivity contribution in [2.45, 2.75) is 25.3 Å². The average Bonchev–Trinajstić information content (AvgIpc) is 3.24. The van der Waals surface area contributed by atoms with E-state index >= 15 is 0 Å². The standard InChI is InChI=1S/C23H23N5O2/c24-22(30)17-9-4-8-16(13-17)18-14-26-23(25)27-21(18)19-10-5-11-28(19)20(29)12-15-6-2-1-3-7-15/h1-4,6-9,13-14,19H,5,10-12H2,(H2,24,30)(H2,25,26,27)/t19-/m0/s1. The summed E-state index contributed by atoms with van der Waals surface area (Å²) in [6.45, 7) is 0.668. The number of rotatable bonds is 5. The predicted molar refractivity (Wildman–Crippen MR) is 114 cm³/mol. The second-order valence-electron chi connectivity index (χ2n) is 7.38. The van der Waals surface area contributed by atoms with E-state index < -0.39 is 5.91 Å². The first kappa shape index (κ1) is 19.6. The number of anilines is 1. The molecule has 1 atom stereocenters. The lowest BCUT2D eigenvalue weighted by molar-refractivity contribution is -0.131. The van der Waals surface area contributed by atoms with Crippen molar-refractivity contribution in [2.24, 2.45) is 5.73 Å². The number of nitrogens with zero attached hydrogens (tertiary/aromatic N) is 3. The Hall–Kier alpha value is -3.74. The van der Waals surface area contributed by atoms with Crippen LogP contribution >= 0.6 is 0 Å². The van der Waals surface area contributed by atoms with Crippen LogP contribution in [-0.4, -0.2) is 33.2 Å². The Morgan fingerprint density at radius 3 is 2.67 bits per heavy atom. The summed E-state index contributed by atoms with van der Waals surface area (Å²) in [7, 11) is 0. The molecule has 0 bridgehead atoms. The van der Waals surface area contributed by atoms with Gasteiger partial charge in [-0.3, -0.25) is 9.59 Å². The summed E-state index contributed by atoms with van der Waals surface area (Å²) in [5, 5.41) is 0. The molecule has 1 aliphatic heterocycles. The number of likely N-dealkylation sites (tertiary alicyclic amines) is 1. The second kappa shape index (κ2) is 8.32. The van der Waals surface area contributed by atoms with E-state index in [1.54, 1.807) is 24.4 Å². The van der Waals surface area contributed by atoms with Crippen LogP contribution in [0.4, 0.5) is 5.95 Å². The number of primary amides is 1. The lowest BCUT2D eigenvalue weighted by Crippen LogP contribution is -2.32. The first-order valence-corrected chi connectivity index (χ1v) is 9.89. The minimum atomic E-state index is -0.504. The van der Waals surface area contributed by atoms with E-state index in [-0.39, 0.29) is 17.9 Å². The molecule has 0 radical (unpaired) electrons. The van der Waals surface area contributed by atoms with Crippen molar-refractivity contribution in [1.82, 2.24) is 14.9 Å². The Labute approximate surface area is 174 Å². The van der Waals surface area contributed by atoms with Crippen molar-refractivity contribution in [3.05, 3.63) is 77.6 Å². The highest BCUT2D eigenvalue weighted by molar-refractivity contribution is 5.94. The van der Waals surface area contributed by atoms with Crippen LogP contribution in [-0.2, 0) is 11.2 Å². The molecule has 0 spiro atoms. The van der Waals surface area contributed by atoms with Gasteiger partial charge in [-0.15, -0.1) is 0 Å². The lowest BCUT2D eigenvalue weighted by Gasteiger charge is -2.26. The van der Waals surface area contributed by atoms with Crippen LogP contribution in [0.3, 0.4) is 0 Å². The molecular weight excluding hydrogens is 378 g/mol. The number of nitrogens with two attached hydrogens (primary N) is 2. The van der Waals surface area contributed by atoms with Gasteiger partial charge in [0.2, 0.25) is 17.8 Å². The van der Waals surface area contributed by atoms with Gasteiger partial charge in [0.1, 0.15) is 0 Å². The Balaban J connectivity index is 1.69. The Morgan fingerprint density at radius 1 is 1.10 bits per heavy atom. The van der Waals surface area contributed by atoms with Gasteiger partial charge < -0.3 is 16.4 Å². The molecule has 2 heterocycles. The van der Waals surface area contributed by atoms with E-state index in [4.69, 9.17) is 11.5 Å². The summed E-state index contributed by atoms with van der Waals surface area (Å²) >= 11 is 0. The van der Waals surface area contributed by atoms with E-state index in [1.807, 2.05) is 41.3 Å². The third-order valence-corrected chi connectivity index (χ3v) is 5.38. The molecule has 1 aromatic heterocycles. The molecule has 152 valence electrons. The zero-order valence-electron chi connectivity index (χ0n) is 16.5. The SMILES string of the molecule is NC(=O)c1cccc(-c2cnc(N)nc2[C@@H]2CCCN2C(=O)Cc2ccccc2)c1. The molecule has 4 N–H and O–H groups in total. The molecule has 2 amide bonds. The molecule has 1 aliphatic rings. The molecule has 1 fully saturated rings. The van der Waals surface area contributed by atoms with Gasteiger partial charge in [0.15, 0.2) is 0 Å². The highest BCUT2D eigenvalue weighted by atomic mass is 16.2. The van der Waals surface area contributed by atoms with Gasteiger partial charge in [0, 0.05) is 23.9 Å². The first-order valence-electron chi connectivity index (χ1n) is 9.89. The third-order valence-electron chi connectivity index (χ3n) is 5.38. The summed E-state index contributed by atoms with van der Waals surface area (Å²) in [4.78, 5) is 35.2. The Bertz CT molecular complexity index is 1080. The van der Waals surface area contributed by atoms with Crippen LogP contribution in [0.2, 0.25) is 0 Å². The second-order valence-corrected chi connectivity index (χ2v) is 7.38. The summed E-state index contributed by atoms with van der Waals surface area (Å²) in [6.07, 6.45) is 3.66. The van der Waals surface area contributed by atoms with E-state index in [2.05, 4.69) is 9.97 Å². The number of benzene rings is 2. The third kappa shape index (κ3) is 4.00. The van der Waals surface area contributed by atoms with Crippen LogP contribution in [0.25, 0.3) is 11.1 Å². The molecule has 0 saturated carbocycles. The first-order chi connectivity index (χ1) is 14.5. The zero-order valence-corrected chi connectivity index (χ0v) is 16.5. The van der Waals surface area contributed by atoms with Crippen LogP contribution in [0.5, 0.6) is 0 Å². The molecule has 3 aromatic rings. The summed E-state index contributed by atoms with van der Waals surface area (Å²) in [6, 6.07) is 16.5. The van der Waals surface area contributed by atoms with E-state index in [1.165, 1.54) is 0 Å². The van der Waals surface area contributed by atoms with Crippen molar-refractivity contribution < 1.29 is 9.59 Å². The van der Waals surface area contributed by atoms with Crippen molar-refractivity contribution in [3.8, 4) is 11.1 Å². The van der Waals surface area contributed by atoms with Gasteiger partial charge in [0.05, 0.1) is 18.2 Å². The molecule has 7 heteroatoms. The van der Waals surface area contributed by atoms with Crippen LogP contribution in [0.15, 0.2) is 60.8 Å². The number of hydrogen-bond acceptors (Lipinski definition) is 5. The quantitative estimate of drug-likeness (QED) is 0.682. The summed E-state index contributed by atoms with van der Waals surface area (Å²) < 4.78 is 0. The van der Waals surface area contributed by atoms with Crippen LogP contribution in [0, 0.1) is 0 Å². The van der Waals surface area contributed by atoms with Crippen molar-refractivity contribution >= 4 is 17.8 Å². The molecule has 2 aromatic carbocycles. The fraction of sp³-hybridized carbons (Fsp3) is 0.217. The van der Waals surface area contributed by atoms with Crippen molar-refractivity contribution in [2.75, 3.05) is 12.3 Å². The number of hydrogen-bond donors (Lipinski definition) is 2. The summed E-state index contributed by atoms with van der Waals surface area (Å²) in [5.74, 6) is -0.296. The predicted octanol–water partition coefficient (Wildman–Crippen LogP) is 2.73. The minimum absolute atomic E-state index is 0.0534. The van der Waals surface area contributed by atoms with Gasteiger partial charge in [-0.25, -0.2) is 9.97 Å². The molecular formula is C23H23N5O2. The van der Waals surface area contributed by atoms with E-state index in [9.17, 15) is 9.59 Å². The van der Waals surface area contributed by atoms with Crippen molar-refractivity contribution in [1.29, 1.82) is 0 Å². The van der Waals surface area contributed by atoms with Crippen LogP contribution in [0.1, 0.15) is 40.5 Å². The molecule has 0 unspecified atom stereocenters. The molecule has 0 aliphatic carbocycles. The molecule has 1 saturated heterocycles. The molecule has 30 heavy (non-hydrogen) atoms. The summed E-state index contributed by atoms with van der Waals surface area (Å²) in [5.41, 5.74) is 14.9. The largest absolute Gasteiger partial charge is 0.368 e. The number of carbonyl (C=O) groups excluding carboxylic acids is 2. The van der Waals surface area contributed by atoms with Gasteiger partial charge in [-0.2, -0.15) is 0 Å². The van der Waals surface area contributed by atoms with Gasteiger partial charge in [-0.1, -0.05) is 42.5 Å². The zero-order chi connectivity index (χ0) is 21.1. The van der Waals surface area contributed by atoms with Gasteiger partial charge in [-0.05, 0) is 36.1 Å².